The molecule has 1 fully saturated rings. The molecule has 86 valence electrons. The zero-order valence-corrected chi connectivity index (χ0v) is 9.52. The van der Waals surface area contributed by atoms with Gasteiger partial charge in [-0.15, -0.1) is 0 Å². The van der Waals surface area contributed by atoms with E-state index < -0.39 is 0 Å². The lowest BCUT2D eigenvalue weighted by atomic mass is 10.1. The van der Waals surface area contributed by atoms with Crippen molar-refractivity contribution in [2.45, 2.75) is 13.3 Å². The minimum Gasteiger partial charge on any atom is -0.396 e. The van der Waals surface area contributed by atoms with E-state index in [1.807, 2.05) is 36.1 Å². The van der Waals surface area contributed by atoms with Gasteiger partial charge < -0.3 is 10.0 Å². The Bertz CT molecular complexity index is 372. The molecule has 1 heterocycles. The van der Waals surface area contributed by atoms with Gasteiger partial charge in [0.2, 0.25) is 0 Å². The van der Waals surface area contributed by atoms with Gasteiger partial charge in [-0.05, 0) is 25.5 Å². The maximum absolute atomic E-state index is 12.1. The molecule has 1 atom stereocenters. The van der Waals surface area contributed by atoms with Crippen LogP contribution in [0.15, 0.2) is 24.3 Å². The third-order valence-electron chi connectivity index (χ3n) is 3.13. The van der Waals surface area contributed by atoms with Gasteiger partial charge >= 0.3 is 0 Å². The number of amides is 1. The van der Waals surface area contributed by atoms with Crippen molar-refractivity contribution in [1.29, 1.82) is 0 Å². The predicted octanol–water partition coefficient (Wildman–Crippen LogP) is 1.45. The molecule has 0 aliphatic carbocycles. The van der Waals surface area contributed by atoms with E-state index >= 15 is 0 Å². The topological polar surface area (TPSA) is 40.5 Å². The summed E-state index contributed by atoms with van der Waals surface area (Å²) < 4.78 is 0. The monoisotopic (exact) mass is 219 g/mol. The summed E-state index contributed by atoms with van der Waals surface area (Å²) in [6, 6.07) is 7.63. The van der Waals surface area contributed by atoms with E-state index in [1.165, 1.54) is 0 Å². The third-order valence-corrected chi connectivity index (χ3v) is 3.13. The number of hydrogen-bond acceptors (Lipinski definition) is 2. The van der Waals surface area contributed by atoms with Crippen molar-refractivity contribution < 1.29 is 9.90 Å². The Labute approximate surface area is 95.7 Å². The molecule has 0 aromatic heterocycles. The molecule has 16 heavy (non-hydrogen) atoms. The van der Waals surface area contributed by atoms with Gasteiger partial charge in [0.25, 0.3) is 5.91 Å². The van der Waals surface area contributed by atoms with Gasteiger partial charge in [0.15, 0.2) is 0 Å². The molecular formula is C13H17NO2. The summed E-state index contributed by atoms with van der Waals surface area (Å²) in [5.74, 6) is 0.338. The van der Waals surface area contributed by atoms with Gasteiger partial charge in [0.05, 0.1) is 0 Å². The van der Waals surface area contributed by atoms with E-state index in [2.05, 4.69) is 0 Å². The molecule has 1 aliphatic heterocycles. The Morgan fingerprint density at radius 3 is 2.69 bits per heavy atom. The van der Waals surface area contributed by atoms with Gasteiger partial charge in [-0.25, -0.2) is 0 Å². The van der Waals surface area contributed by atoms with E-state index in [4.69, 9.17) is 5.11 Å². The molecule has 0 radical (unpaired) electrons. The third kappa shape index (κ3) is 2.25. The van der Waals surface area contributed by atoms with E-state index in [-0.39, 0.29) is 18.4 Å². The summed E-state index contributed by atoms with van der Waals surface area (Å²) in [5, 5.41) is 9.03. The predicted molar refractivity (Wildman–Crippen MR) is 62.3 cm³/mol. The molecule has 2 rings (SSSR count). The maximum Gasteiger partial charge on any atom is 0.253 e. The van der Waals surface area contributed by atoms with Crippen LogP contribution in [-0.4, -0.2) is 35.6 Å². The molecule has 0 unspecified atom stereocenters. The number of hydrogen-bond donors (Lipinski definition) is 1. The van der Waals surface area contributed by atoms with Gasteiger partial charge in [-0.1, -0.05) is 17.7 Å². The Balaban J connectivity index is 2.05. The highest BCUT2D eigenvalue weighted by molar-refractivity contribution is 5.94. The number of carbonyl (C=O) groups is 1. The fourth-order valence-corrected chi connectivity index (χ4v) is 2.04. The van der Waals surface area contributed by atoms with Crippen LogP contribution in [0.1, 0.15) is 22.3 Å². The first kappa shape index (κ1) is 11.1. The second-order valence-corrected chi connectivity index (χ2v) is 4.45. The van der Waals surface area contributed by atoms with Crippen LogP contribution >= 0.6 is 0 Å². The molecule has 1 aromatic rings. The lowest BCUT2D eigenvalue weighted by Crippen LogP contribution is -2.29. The number of nitrogens with zero attached hydrogens (tertiary/aromatic N) is 1. The number of rotatable bonds is 2. The molecule has 3 heteroatoms. The Morgan fingerprint density at radius 1 is 1.44 bits per heavy atom. The van der Waals surface area contributed by atoms with Crippen molar-refractivity contribution in [1.82, 2.24) is 4.90 Å². The van der Waals surface area contributed by atoms with Crippen LogP contribution in [0.25, 0.3) is 0 Å². The van der Waals surface area contributed by atoms with Crippen molar-refractivity contribution in [3.05, 3.63) is 35.4 Å². The molecule has 3 nitrogen and oxygen atoms in total. The van der Waals surface area contributed by atoms with E-state index in [1.54, 1.807) is 0 Å². The molecule has 0 bridgehead atoms. The SMILES string of the molecule is Cc1ccc(C(=O)N2CC[C@@H](CO)C2)cc1. The van der Waals surface area contributed by atoms with Crippen LogP contribution in [0.5, 0.6) is 0 Å². The molecule has 0 saturated carbocycles. The fraction of sp³-hybridized carbons (Fsp3) is 0.462. The van der Waals surface area contributed by atoms with Crippen molar-refractivity contribution in [3.8, 4) is 0 Å². The minimum absolute atomic E-state index is 0.0796. The normalized spacial score (nSPS) is 20.1. The average Bonchev–Trinajstić information content (AvgIpc) is 2.77. The molecule has 0 spiro atoms. The van der Waals surface area contributed by atoms with Crippen LogP contribution in [0.2, 0.25) is 0 Å². The quantitative estimate of drug-likeness (QED) is 0.818. The van der Waals surface area contributed by atoms with Crippen LogP contribution in [-0.2, 0) is 0 Å². The first-order chi connectivity index (χ1) is 7.70. The second kappa shape index (κ2) is 4.66. The summed E-state index contributed by atoms with van der Waals surface area (Å²) in [7, 11) is 0. The van der Waals surface area contributed by atoms with Gasteiger partial charge in [0, 0.05) is 31.2 Å². The smallest absolute Gasteiger partial charge is 0.253 e. The highest BCUT2D eigenvalue weighted by atomic mass is 16.3. The first-order valence-electron chi connectivity index (χ1n) is 5.67. The highest BCUT2D eigenvalue weighted by Crippen LogP contribution is 2.18. The van der Waals surface area contributed by atoms with Crippen LogP contribution in [0.3, 0.4) is 0 Å². The molecule has 1 aromatic carbocycles. The molecule has 1 amide bonds. The number of aryl methyl sites for hydroxylation is 1. The zero-order chi connectivity index (χ0) is 11.5. The number of benzene rings is 1. The lowest BCUT2D eigenvalue weighted by molar-refractivity contribution is 0.0782. The van der Waals surface area contributed by atoms with Crippen LogP contribution < -0.4 is 0 Å². The van der Waals surface area contributed by atoms with E-state index in [0.29, 0.717) is 6.54 Å². The fourth-order valence-electron chi connectivity index (χ4n) is 2.04. The summed E-state index contributed by atoms with van der Waals surface area (Å²) in [6.07, 6.45) is 0.911. The Morgan fingerprint density at radius 2 is 2.12 bits per heavy atom. The zero-order valence-electron chi connectivity index (χ0n) is 9.52. The van der Waals surface area contributed by atoms with Gasteiger partial charge in [-0.2, -0.15) is 0 Å². The lowest BCUT2D eigenvalue weighted by Gasteiger charge is -2.16. The van der Waals surface area contributed by atoms with Gasteiger partial charge in [-0.3, -0.25) is 4.79 Å². The van der Waals surface area contributed by atoms with Crippen LogP contribution in [0.4, 0.5) is 0 Å². The Kier molecular flexibility index (Phi) is 3.25. The number of likely N-dealkylation sites (tertiary alicyclic amines) is 1. The number of carbonyl (C=O) groups excluding carboxylic acids is 1. The Hall–Kier alpha value is -1.35. The van der Waals surface area contributed by atoms with Crippen molar-refractivity contribution >= 4 is 5.91 Å². The summed E-state index contributed by atoms with van der Waals surface area (Å²) in [4.78, 5) is 13.9. The van der Waals surface area contributed by atoms with Crippen LogP contribution in [0, 0.1) is 12.8 Å². The molecule has 1 N–H and O–H groups in total. The van der Waals surface area contributed by atoms with Crippen molar-refractivity contribution in [2.75, 3.05) is 19.7 Å². The molecule has 1 saturated heterocycles. The number of aliphatic hydroxyl groups excluding tert-OH is 1. The van der Waals surface area contributed by atoms with E-state index in [9.17, 15) is 4.79 Å². The minimum atomic E-state index is 0.0796. The number of aliphatic hydroxyl groups is 1. The second-order valence-electron chi connectivity index (χ2n) is 4.45. The van der Waals surface area contributed by atoms with Crippen molar-refractivity contribution in [2.24, 2.45) is 5.92 Å². The largest absolute Gasteiger partial charge is 0.396 e. The summed E-state index contributed by atoms with van der Waals surface area (Å²) in [5.41, 5.74) is 1.90. The maximum atomic E-state index is 12.1. The van der Waals surface area contributed by atoms with Crippen molar-refractivity contribution in [3.63, 3.8) is 0 Å². The molecular weight excluding hydrogens is 202 g/mol. The standard InChI is InChI=1S/C13H17NO2/c1-10-2-4-12(5-3-10)13(16)14-7-6-11(8-14)9-15/h2-5,11,15H,6-9H2,1H3/t11-/m1/s1. The molecule has 1 aliphatic rings. The summed E-state index contributed by atoms with van der Waals surface area (Å²) in [6.45, 7) is 3.63. The summed E-state index contributed by atoms with van der Waals surface area (Å²) >= 11 is 0. The van der Waals surface area contributed by atoms with E-state index in [0.717, 1.165) is 24.1 Å². The highest BCUT2D eigenvalue weighted by Gasteiger charge is 2.26. The average molecular weight is 219 g/mol. The first-order valence-corrected chi connectivity index (χ1v) is 5.67. The van der Waals surface area contributed by atoms with Gasteiger partial charge in [0.1, 0.15) is 0 Å².